The van der Waals surface area contributed by atoms with Crippen LogP contribution in [0.2, 0.25) is 0 Å². The summed E-state index contributed by atoms with van der Waals surface area (Å²) in [5.41, 5.74) is 0.650. The van der Waals surface area contributed by atoms with E-state index in [1.165, 1.54) is 31.4 Å². The number of likely N-dealkylation sites (tertiary alicyclic amines) is 1. The molecule has 2 rings (SSSR count). The van der Waals surface area contributed by atoms with E-state index < -0.39 is 0 Å². The van der Waals surface area contributed by atoms with Gasteiger partial charge in [-0.3, -0.25) is 4.79 Å². The van der Waals surface area contributed by atoms with E-state index in [1.54, 1.807) is 12.1 Å². The zero-order valence-electron chi connectivity index (χ0n) is 11.4. The second-order valence-corrected chi connectivity index (χ2v) is 5.20. The number of amides is 1. The minimum Gasteiger partial charge on any atom is -0.326 e. The van der Waals surface area contributed by atoms with Crippen LogP contribution >= 0.6 is 0 Å². The summed E-state index contributed by atoms with van der Waals surface area (Å²) in [5.74, 6) is -0.302. The predicted molar refractivity (Wildman–Crippen MR) is 74.5 cm³/mol. The lowest BCUT2D eigenvalue weighted by Gasteiger charge is -2.31. The number of hydrogen-bond acceptors (Lipinski definition) is 2. The molecule has 1 amide bonds. The second-order valence-electron chi connectivity index (χ2n) is 5.20. The van der Waals surface area contributed by atoms with E-state index in [9.17, 15) is 9.18 Å². The molecule has 4 heteroatoms. The van der Waals surface area contributed by atoms with E-state index in [0.29, 0.717) is 12.1 Å². The molecule has 0 saturated carbocycles. The molecule has 1 saturated heterocycles. The number of anilines is 1. The van der Waals surface area contributed by atoms with Crippen LogP contribution in [-0.2, 0) is 4.79 Å². The first-order chi connectivity index (χ1) is 9.15. The molecular formula is C15H21FN2O. The highest BCUT2D eigenvalue weighted by Crippen LogP contribution is 2.15. The van der Waals surface area contributed by atoms with Gasteiger partial charge >= 0.3 is 0 Å². The highest BCUT2D eigenvalue weighted by atomic mass is 19.1. The average molecular weight is 264 g/mol. The van der Waals surface area contributed by atoms with Gasteiger partial charge in [0.25, 0.3) is 0 Å². The van der Waals surface area contributed by atoms with Crippen LogP contribution in [0.5, 0.6) is 0 Å². The molecule has 0 spiro atoms. The Morgan fingerprint density at radius 2 is 1.89 bits per heavy atom. The molecule has 1 aliphatic heterocycles. The number of nitrogens with zero attached hydrogens (tertiary/aromatic N) is 1. The smallest absolute Gasteiger partial charge is 0.225 e. The number of halogens is 1. The number of carbonyl (C=O) groups excluding carboxylic acids is 1. The first-order valence-corrected chi connectivity index (χ1v) is 6.94. The monoisotopic (exact) mass is 264 g/mol. The maximum atomic E-state index is 12.8. The molecule has 1 heterocycles. The maximum Gasteiger partial charge on any atom is 0.225 e. The van der Waals surface area contributed by atoms with Gasteiger partial charge in [-0.1, -0.05) is 6.42 Å². The Kier molecular flexibility index (Phi) is 4.91. The minimum atomic E-state index is -0.292. The van der Waals surface area contributed by atoms with Crippen molar-refractivity contribution < 1.29 is 9.18 Å². The summed E-state index contributed by atoms with van der Waals surface area (Å²) in [4.78, 5) is 14.3. The standard InChI is InChI=1S/C15H21FN2O/c1-12(18-9-3-2-4-10-18)11-15(19)17-14-7-5-13(16)6-8-14/h5-8,12H,2-4,9-11H2,1H3,(H,17,19). The zero-order chi connectivity index (χ0) is 13.7. The quantitative estimate of drug-likeness (QED) is 0.906. The van der Waals surface area contributed by atoms with Crippen LogP contribution in [0.4, 0.5) is 10.1 Å². The molecule has 1 aromatic rings. The SMILES string of the molecule is CC(CC(=O)Nc1ccc(F)cc1)N1CCCCC1. The summed E-state index contributed by atoms with van der Waals surface area (Å²) in [6.45, 7) is 4.27. The molecule has 1 unspecified atom stereocenters. The fourth-order valence-electron chi connectivity index (χ4n) is 2.50. The van der Waals surface area contributed by atoms with Crippen molar-refractivity contribution in [1.29, 1.82) is 0 Å². The Hall–Kier alpha value is -1.42. The Morgan fingerprint density at radius 1 is 1.26 bits per heavy atom. The molecule has 1 N–H and O–H groups in total. The van der Waals surface area contributed by atoms with Crippen LogP contribution in [0.1, 0.15) is 32.6 Å². The molecule has 104 valence electrons. The molecule has 19 heavy (non-hydrogen) atoms. The third-order valence-corrected chi connectivity index (χ3v) is 3.62. The van der Waals surface area contributed by atoms with Crippen molar-refractivity contribution in [3.05, 3.63) is 30.1 Å². The van der Waals surface area contributed by atoms with Crippen LogP contribution in [0.15, 0.2) is 24.3 Å². The lowest BCUT2D eigenvalue weighted by molar-refractivity contribution is -0.117. The Balaban J connectivity index is 1.81. The summed E-state index contributed by atoms with van der Waals surface area (Å²) in [6, 6.07) is 6.13. The summed E-state index contributed by atoms with van der Waals surface area (Å²) in [5, 5.41) is 2.81. The predicted octanol–water partition coefficient (Wildman–Crippen LogP) is 3.03. The average Bonchev–Trinajstić information content (AvgIpc) is 2.42. The molecule has 3 nitrogen and oxygen atoms in total. The maximum absolute atomic E-state index is 12.8. The van der Waals surface area contributed by atoms with Crippen molar-refractivity contribution in [2.45, 2.75) is 38.6 Å². The molecule has 1 atom stereocenters. The topological polar surface area (TPSA) is 32.3 Å². The van der Waals surface area contributed by atoms with E-state index in [2.05, 4.69) is 17.1 Å². The van der Waals surface area contributed by atoms with E-state index in [0.717, 1.165) is 13.1 Å². The van der Waals surface area contributed by atoms with E-state index in [4.69, 9.17) is 0 Å². The van der Waals surface area contributed by atoms with Gasteiger partial charge in [-0.05, 0) is 57.1 Å². The number of benzene rings is 1. The van der Waals surface area contributed by atoms with Crippen molar-refractivity contribution in [3.8, 4) is 0 Å². The van der Waals surface area contributed by atoms with Crippen molar-refractivity contribution in [3.63, 3.8) is 0 Å². The largest absolute Gasteiger partial charge is 0.326 e. The summed E-state index contributed by atoms with van der Waals surface area (Å²) >= 11 is 0. The molecule has 0 radical (unpaired) electrons. The van der Waals surface area contributed by atoms with Gasteiger partial charge in [0.05, 0.1) is 0 Å². The zero-order valence-corrected chi connectivity index (χ0v) is 11.4. The lowest BCUT2D eigenvalue weighted by atomic mass is 10.1. The van der Waals surface area contributed by atoms with Crippen molar-refractivity contribution in [2.24, 2.45) is 0 Å². The minimum absolute atomic E-state index is 0.00955. The highest BCUT2D eigenvalue weighted by Gasteiger charge is 2.19. The van der Waals surface area contributed by atoms with Crippen LogP contribution < -0.4 is 5.32 Å². The summed E-state index contributed by atoms with van der Waals surface area (Å²) in [6.07, 6.45) is 4.23. The first kappa shape index (κ1) is 14.0. The van der Waals surface area contributed by atoms with E-state index in [-0.39, 0.29) is 17.8 Å². The normalized spacial score (nSPS) is 18.0. The second kappa shape index (κ2) is 6.66. The summed E-state index contributed by atoms with van der Waals surface area (Å²) < 4.78 is 12.8. The third kappa shape index (κ3) is 4.31. The Morgan fingerprint density at radius 3 is 2.53 bits per heavy atom. The van der Waals surface area contributed by atoms with Gasteiger partial charge in [0.1, 0.15) is 5.82 Å². The van der Waals surface area contributed by atoms with Crippen molar-refractivity contribution in [1.82, 2.24) is 4.90 Å². The summed E-state index contributed by atoms with van der Waals surface area (Å²) in [7, 11) is 0. The Labute approximate surface area is 113 Å². The highest BCUT2D eigenvalue weighted by molar-refractivity contribution is 5.91. The number of nitrogens with one attached hydrogen (secondary N) is 1. The van der Waals surface area contributed by atoms with Crippen LogP contribution in [-0.4, -0.2) is 29.9 Å². The number of rotatable bonds is 4. The van der Waals surface area contributed by atoms with Gasteiger partial charge in [0.15, 0.2) is 0 Å². The van der Waals surface area contributed by atoms with Gasteiger partial charge in [0.2, 0.25) is 5.91 Å². The number of piperidine rings is 1. The molecule has 1 fully saturated rings. The molecule has 0 aromatic heterocycles. The van der Waals surface area contributed by atoms with Crippen LogP contribution in [0, 0.1) is 5.82 Å². The van der Waals surface area contributed by atoms with Gasteiger partial charge < -0.3 is 10.2 Å². The van der Waals surface area contributed by atoms with Crippen molar-refractivity contribution >= 4 is 11.6 Å². The molecule has 0 bridgehead atoms. The number of hydrogen-bond donors (Lipinski definition) is 1. The van der Waals surface area contributed by atoms with Crippen molar-refractivity contribution in [2.75, 3.05) is 18.4 Å². The number of carbonyl (C=O) groups is 1. The molecule has 1 aliphatic rings. The van der Waals surface area contributed by atoms with Gasteiger partial charge in [-0.15, -0.1) is 0 Å². The van der Waals surface area contributed by atoms with E-state index in [1.807, 2.05) is 0 Å². The van der Waals surface area contributed by atoms with E-state index >= 15 is 0 Å². The van der Waals surface area contributed by atoms with Gasteiger partial charge in [-0.25, -0.2) is 4.39 Å². The Bertz CT molecular complexity index is 413. The van der Waals surface area contributed by atoms with Gasteiger partial charge in [-0.2, -0.15) is 0 Å². The lowest BCUT2D eigenvalue weighted by Crippen LogP contribution is -2.39. The molecule has 0 aliphatic carbocycles. The van der Waals surface area contributed by atoms with Crippen LogP contribution in [0.3, 0.4) is 0 Å². The third-order valence-electron chi connectivity index (χ3n) is 3.62. The van der Waals surface area contributed by atoms with Crippen LogP contribution in [0.25, 0.3) is 0 Å². The molecular weight excluding hydrogens is 243 g/mol. The van der Waals surface area contributed by atoms with Gasteiger partial charge in [0, 0.05) is 18.2 Å². The fraction of sp³-hybridized carbons (Fsp3) is 0.533. The molecule has 1 aromatic carbocycles. The fourth-order valence-corrected chi connectivity index (χ4v) is 2.50. The first-order valence-electron chi connectivity index (χ1n) is 6.94.